The number of carbonyl (C=O) groups is 2. The molecule has 0 fully saturated rings. The van der Waals surface area contributed by atoms with Crippen molar-refractivity contribution in [2.24, 2.45) is 0 Å². The number of amides is 2. The van der Waals surface area contributed by atoms with Gasteiger partial charge in [-0.15, -0.1) is 0 Å². The molecule has 3 aromatic carbocycles. The van der Waals surface area contributed by atoms with Crippen molar-refractivity contribution in [3.8, 4) is 11.8 Å². The summed E-state index contributed by atoms with van der Waals surface area (Å²) < 4.78 is 0. The number of carbonyl (C=O) groups excluding carboxylic acids is 2. The third-order valence-corrected chi connectivity index (χ3v) is 5.54. The molecular formula is C26H21NO2. The largest absolute Gasteiger partial charge is 0.277 e. The molecule has 2 amide bonds. The number of rotatable bonds is 2. The van der Waals surface area contributed by atoms with Crippen LogP contribution in [0.4, 0.5) is 0 Å². The maximum Gasteiger partial charge on any atom is 0.261 e. The van der Waals surface area contributed by atoms with Gasteiger partial charge < -0.3 is 0 Å². The molecule has 29 heavy (non-hydrogen) atoms. The Hall–Kier alpha value is -3.64. The summed E-state index contributed by atoms with van der Waals surface area (Å²) in [7, 11) is 1.52. The van der Waals surface area contributed by atoms with Crippen LogP contribution in [0.25, 0.3) is 0 Å². The van der Waals surface area contributed by atoms with Gasteiger partial charge in [0.1, 0.15) is 0 Å². The number of hydrogen-bond acceptors (Lipinski definition) is 2. The molecule has 0 aliphatic carbocycles. The Morgan fingerprint density at radius 1 is 0.690 bits per heavy atom. The maximum atomic E-state index is 12.3. The van der Waals surface area contributed by atoms with E-state index in [0.29, 0.717) is 11.1 Å². The smallest absolute Gasteiger partial charge is 0.261 e. The lowest BCUT2D eigenvalue weighted by molar-refractivity contribution is 0.0693. The van der Waals surface area contributed by atoms with Gasteiger partial charge in [-0.2, -0.15) is 0 Å². The quantitative estimate of drug-likeness (QED) is 0.481. The van der Waals surface area contributed by atoms with E-state index < -0.39 is 0 Å². The zero-order valence-corrected chi connectivity index (χ0v) is 16.7. The molecule has 0 unspecified atom stereocenters. The highest BCUT2D eigenvalue weighted by Crippen LogP contribution is 2.34. The van der Waals surface area contributed by atoms with Gasteiger partial charge in [-0.1, -0.05) is 62.1 Å². The Balaban J connectivity index is 1.63. The summed E-state index contributed by atoms with van der Waals surface area (Å²) in [5.41, 5.74) is 4.69. The molecule has 1 aliphatic rings. The molecular weight excluding hydrogens is 358 g/mol. The van der Waals surface area contributed by atoms with E-state index in [4.69, 9.17) is 0 Å². The molecule has 3 nitrogen and oxygen atoms in total. The highest BCUT2D eigenvalue weighted by molar-refractivity contribution is 6.21. The lowest BCUT2D eigenvalue weighted by atomic mass is 9.77. The van der Waals surface area contributed by atoms with Crippen molar-refractivity contribution in [3.05, 3.63) is 106 Å². The Morgan fingerprint density at radius 2 is 1.24 bits per heavy atom. The van der Waals surface area contributed by atoms with Gasteiger partial charge in [0.25, 0.3) is 11.8 Å². The number of fused-ring (bicyclic) bond motifs is 1. The summed E-state index contributed by atoms with van der Waals surface area (Å²) in [5.74, 6) is 5.88. The van der Waals surface area contributed by atoms with E-state index in [1.54, 1.807) is 6.07 Å². The van der Waals surface area contributed by atoms with Crippen LogP contribution in [-0.2, 0) is 5.41 Å². The molecule has 142 valence electrons. The Labute approximate surface area is 171 Å². The third-order valence-electron chi connectivity index (χ3n) is 5.54. The van der Waals surface area contributed by atoms with Crippen molar-refractivity contribution in [3.63, 3.8) is 0 Å². The lowest BCUT2D eigenvalue weighted by Crippen LogP contribution is -2.24. The van der Waals surface area contributed by atoms with Gasteiger partial charge in [-0.25, -0.2) is 0 Å². The highest BCUT2D eigenvalue weighted by Gasteiger charge is 2.34. The second-order valence-electron chi connectivity index (χ2n) is 7.75. The van der Waals surface area contributed by atoms with Gasteiger partial charge in [0, 0.05) is 23.6 Å². The second kappa shape index (κ2) is 7.07. The molecule has 0 N–H and O–H groups in total. The van der Waals surface area contributed by atoms with Gasteiger partial charge in [0.05, 0.1) is 11.1 Å². The topological polar surface area (TPSA) is 37.4 Å². The van der Waals surface area contributed by atoms with E-state index in [9.17, 15) is 9.59 Å². The van der Waals surface area contributed by atoms with Crippen LogP contribution in [0.15, 0.2) is 72.8 Å². The summed E-state index contributed by atoms with van der Waals surface area (Å²) in [4.78, 5) is 25.6. The molecule has 0 spiro atoms. The fraction of sp³-hybridized carbons (Fsp3) is 0.154. The molecule has 4 rings (SSSR count). The number of imide groups is 1. The first kappa shape index (κ1) is 18.7. The molecule has 1 heterocycles. The minimum absolute atomic E-state index is 0.240. The van der Waals surface area contributed by atoms with E-state index in [0.717, 1.165) is 22.3 Å². The first-order valence-corrected chi connectivity index (χ1v) is 9.52. The normalized spacial score (nSPS) is 13.1. The van der Waals surface area contributed by atoms with E-state index in [1.165, 1.54) is 11.9 Å². The SMILES string of the molecule is CN1C(=O)c2ccc(C(C)(C)c3ccc(C#Cc4ccccc4)cc3)cc2C1=O. The average Bonchev–Trinajstić information content (AvgIpc) is 2.97. The monoisotopic (exact) mass is 379 g/mol. The van der Waals surface area contributed by atoms with Crippen LogP contribution in [0.2, 0.25) is 0 Å². The van der Waals surface area contributed by atoms with Crippen LogP contribution in [0.1, 0.15) is 56.8 Å². The molecule has 3 aromatic rings. The minimum Gasteiger partial charge on any atom is -0.277 e. The van der Waals surface area contributed by atoms with Gasteiger partial charge in [-0.3, -0.25) is 14.5 Å². The van der Waals surface area contributed by atoms with Crippen LogP contribution in [-0.4, -0.2) is 23.8 Å². The minimum atomic E-state index is -0.315. The van der Waals surface area contributed by atoms with Gasteiger partial charge >= 0.3 is 0 Å². The molecule has 0 saturated heterocycles. The van der Waals surface area contributed by atoms with Crippen molar-refractivity contribution in [2.75, 3.05) is 7.05 Å². The van der Waals surface area contributed by atoms with E-state index in [-0.39, 0.29) is 17.2 Å². The molecule has 0 bridgehead atoms. The summed E-state index contributed by atoms with van der Waals surface area (Å²) >= 11 is 0. The molecule has 1 aliphatic heterocycles. The van der Waals surface area contributed by atoms with Crippen LogP contribution in [0.5, 0.6) is 0 Å². The number of hydrogen-bond donors (Lipinski definition) is 0. The van der Waals surface area contributed by atoms with E-state index in [2.05, 4.69) is 37.8 Å². The van der Waals surface area contributed by atoms with Gasteiger partial charge in [0.15, 0.2) is 0 Å². The van der Waals surface area contributed by atoms with Crippen molar-refractivity contribution in [2.45, 2.75) is 19.3 Å². The average molecular weight is 379 g/mol. The summed E-state index contributed by atoms with van der Waals surface area (Å²) in [6.45, 7) is 4.23. The van der Waals surface area contributed by atoms with E-state index in [1.807, 2.05) is 54.6 Å². The lowest BCUT2D eigenvalue weighted by Gasteiger charge is -2.26. The van der Waals surface area contributed by atoms with Gasteiger partial charge in [-0.05, 0) is 47.5 Å². The summed E-state index contributed by atoms with van der Waals surface area (Å²) in [6.07, 6.45) is 0. The first-order valence-electron chi connectivity index (χ1n) is 9.52. The van der Waals surface area contributed by atoms with E-state index >= 15 is 0 Å². The molecule has 0 aromatic heterocycles. The number of benzene rings is 3. The predicted octanol–water partition coefficient (Wildman–Crippen LogP) is 4.64. The second-order valence-corrected chi connectivity index (χ2v) is 7.75. The molecule has 0 saturated carbocycles. The fourth-order valence-electron chi connectivity index (χ4n) is 3.55. The molecule has 0 radical (unpaired) electrons. The fourth-order valence-corrected chi connectivity index (χ4v) is 3.55. The zero-order valence-electron chi connectivity index (χ0n) is 16.7. The summed E-state index contributed by atoms with van der Waals surface area (Å²) in [5, 5.41) is 0. The van der Waals surface area contributed by atoms with Gasteiger partial charge in [0.2, 0.25) is 0 Å². The predicted molar refractivity (Wildman–Crippen MR) is 114 cm³/mol. The first-order chi connectivity index (χ1) is 13.9. The Bertz CT molecular complexity index is 1160. The zero-order chi connectivity index (χ0) is 20.6. The van der Waals surface area contributed by atoms with Crippen molar-refractivity contribution >= 4 is 11.8 Å². The van der Waals surface area contributed by atoms with Crippen molar-refractivity contribution in [1.29, 1.82) is 0 Å². The third kappa shape index (κ3) is 3.34. The summed E-state index contributed by atoms with van der Waals surface area (Å²) in [6, 6.07) is 23.6. The van der Waals surface area contributed by atoms with Crippen LogP contribution < -0.4 is 0 Å². The Kier molecular flexibility index (Phi) is 4.56. The Morgan fingerprint density at radius 3 is 1.90 bits per heavy atom. The highest BCUT2D eigenvalue weighted by atomic mass is 16.2. The standard InChI is InChI=1S/C26H21NO2/c1-26(2,21-15-16-22-23(17-21)25(29)27(3)24(22)28)20-13-11-19(12-14-20)10-9-18-7-5-4-6-8-18/h4-8,11-17H,1-3H3. The van der Waals surface area contributed by atoms with Crippen LogP contribution >= 0.6 is 0 Å². The van der Waals surface area contributed by atoms with Crippen molar-refractivity contribution in [1.82, 2.24) is 4.90 Å². The number of nitrogens with zero attached hydrogens (tertiary/aromatic N) is 1. The maximum absolute atomic E-state index is 12.3. The molecule has 0 atom stereocenters. The van der Waals surface area contributed by atoms with Crippen LogP contribution in [0, 0.1) is 11.8 Å². The van der Waals surface area contributed by atoms with Crippen LogP contribution in [0.3, 0.4) is 0 Å². The molecule has 3 heteroatoms. The van der Waals surface area contributed by atoms with Crippen molar-refractivity contribution < 1.29 is 9.59 Å².